The molecule has 0 bridgehead atoms. The summed E-state index contributed by atoms with van der Waals surface area (Å²) >= 11 is 0. The Balaban J connectivity index is 1.80. The van der Waals surface area contributed by atoms with Crippen LogP contribution in [0.5, 0.6) is 0 Å². The molecule has 3 aromatic heterocycles. The molecule has 4 rings (SSSR count). The molecule has 0 aliphatic rings. The largest absolute Gasteiger partial charge is 0.368 e. The van der Waals surface area contributed by atoms with Crippen molar-refractivity contribution in [1.82, 2.24) is 29.3 Å². The Kier molecular flexibility index (Phi) is 3.72. The Hall–Kier alpha value is -3.96. The summed E-state index contributed by atoms with van der Waals surface area (Å²) in [6.07, 6.45) is 4.56. The van der Waals surface area contributed by atoms with Crippen LogP contribution in [0.4, 0.5) is 20.4 Å². The lowest BCUT2D eigenvalue weighted by Gasteiger charge is -2.07. The fourth-order valence-electron chi connectivity index (χ4n) is 2.64. The number of rotatable bonds is 4. The number of aromatic nitrogens is 6. The third-order valence-electron chi connectivity index (χ3n) is 3.86. The number of hydrogen-bond acceptors (Lipinski definition) is 7. The number of fused-ring (bicyclic) bond motifs is 1. The predicted molar refractivity (Wildman–Crippen MR) is 89.0 cm³/mol. The summed E-state index contributed by atoms with van der Waals surface area (Å²) in [5.74, 6) is -2.55. The first-order valence-corrected chi connectivity index (χ1v) is 7.55. The number of halogens is 2. The van der Waals surface area contributed by atoms with Crippen molar-refractivity contribution < 1.29 is 13.7 Å². The highest BCUT2D eigenvalue weighted by Crippen LogP contribution is 2.25. The Morgan fingerprint density at radius 1 is 1.22 bits per heavy atom. The molecule has 4 aromatic rings. The van der Waals surface area contributed by atoms with Gasteiger partial charge in [0.1, 0.15) is 0 Å². The SMILES string of the molecule is Nc1nc(-n2cccn2)c2ncn(Cc3ccc([N+](=O)[O-])c(F)c3F)c2n1. The second-order valence-corrected chi connectivity index (χ2v) is 5.53. The molecule has 10 nitrogen and oxygen atoms in total. The Morgan fingerprint density at radius 2 is 2.04 bits per heavy atom. The van der Waals surface area contributed by atoms with Crippen molar-refractivity contribution in [3.63, 3.8) is 0 Å². The fraction of sp³-hybridized carbons (Fsp3) is 0.0667. The molecule has 1 aromatic carbocycles. The molecule has 0 aliphatic carbocycles. The van der Waals surface area contributed by atoms with E-state index in [9.17, 15) is 18.9 Å². The van der Waals surface area contributed by atoms with E-state index in [2.05, 4.69) is 20.1 Å². The molecular weight excluding hydrogens is 362 g/mol. The van der Waals surface area contributed by atoms with Crippen LogP contribution in [0.15, 0.2) is 36.9 Å². The van der Waals surface area contributed by atoms with E-state index in [-0.39, 0.29) is 23.7 Å². The van der Waals surface area contributed by atoms with E-state index >= 15 is 0 Å². The number of nitrogens with zero attached hydrogens (tertiary/aromatic N) is 7. The lowest BCUT2D eigenvalue weighted by molar-refractivity contribution is -0.387. The third-order valence-corrected chi connectivity index (χ3v) is 3.86. The van der Waals surface area contributed by atoms with Gasteiger partial charge in [-0.25, -0.2) is 14.1 Å². The summed E-state index contributed by atoms with van der Waals surface area (Å²) in [6.45, 7) is -0.160. The van der Waals surface area contributed by atoms with Crippen LogP contribution < -0.4 is 5.73 Å². The average molecular weight is 372 g/mol. The Labute approximate surface area is 149 Å². The minimum absolute atomic E-state index is 0.0508. The monoisotopic (exact) mass is 372 g/mol. The highest BCUT2D eigenvalue weighted by molar-refractivity contribution is 5.79. The van der Waals surface area contributed by atoms with E-state index in [1.54, 1.807) is 18.5 Å². The molecule has 3 heterocycles. The standard InChI is InChI=1S/C15H10F2N8O2/c16-10-8(2-3-9(11(10)17)25(26)27)6-23-7-19-12-13(23)21-15(18)22-14(12)24-5-1-4-20-24/h1-5,7H,6H2,(H2,18,21,22). The first-order valence-electron chi connectivity index (χ1n) is 7.55. The van der Waals surface area contributed by atoms with Gasteiger partial charge < -0.3 is 10.3 Å². The summed E-state index contributed by atoms with van der Waals surface area (Å²) in [4.78, 5) is 22.1. The number of nitrogens with two attached hydrogens (primary N) is 1. The van der Waals surface area contributed by atoms with Gasteiger partial charge in [-0.2, -0.15) is 19.5 Å². The number of anilines is 1. The molecule has 136 valence electrons. The highest BCUT2D eigenvalue weighted by Gasteiger charge is 2.22. The first kappa shape index (κ1) is 16.5. The first-order chi connectivity index (χ1) is 13.0. The second-order valence-electron chi connectivity index (χ2n) is 5.53. The van der Waals surface area contributed by atoms with Crippen LogP contribution in [0.3, 0.4) is 0 Å². The van der Waals surface area contributed by atoms with Gasteiger partial charge in [0.2, 0.25) is 11.8 Å². The summed E-state index contributed by atoms with van der Waals surface area (Å²) in [5.41, 5.74) is 5.35. The molecule has 0 fully saturated rings. The lowest BCUT2D eigenvalue weighted by Crippen LogP contribution is -2.08. The molecule has 0 unspecified atom stereocenters. The number of nitrogen functional groups attached to an aromatic ring is 1. The van der Waals surface area contributed by atoms with E-state index in [1.165, 1.54) is 15.6 Å². The van der Waals surface area contributed by atoms with Crippen LogP contribution in [0.25, 0.3) is 17.0 Å². The predicted octanol–water partition coefficient (Wildman–Crippen LogP) is 1.83. The molecule has 0 saturated carbocycles. The zero-order valence-corrected chi connectivity index (χ0v) is 13.5. The number of nitro groups is 1. The van der Waals surface area contributed by atoms with Crippen LogP contribution in [0, 0.1) is 21.7 Å². The fourth-order valence-corrected chi connectivity index (χ4v) is 2.64. The van der Waals surface area contributed by atoms with Gasteiger partial charge in [-0.3, -0.25) is 10.1 Å². The molecule has 27 heavy (non-hydrogen) atoms. The average Bonchev–Trinajstić information content (AvgIpc) is 3.28. The summed E-state index contributed by atoms with van der Waals surface area (Å²) in [5, 5.41) is 14.8. The van der Waals surface area contributed by atoms with Crippen molar-refractivity contribution >= 4 is 22.8 Å². The molecular formula is C15H10F2N8O2. The summed E-state index contributed by atoms with van der Waals surface area (Å²) < 4.78 is 31.0. The van der Waals surface area contributed by atoms with E-state index in [0.29, 0.717) is 11.3 Å². The van der Waals surface area contributed by atoms with Gasteiger partial charge in [0.25, 0.3) is 0 Å². The smallest absolute Gasteiger partial charge is 0.307 e. The van der Waals surface area contributed by atoms with Crippen molar-refractivity contribution in [1.29, 1.82) is 0 Å². The van der Waals surface area contributed by atoms with Crippen LogP contribution >= 0.6 is 0 Å². The maximum Gasteiger partial charge on any atom is 0.307 e. The van der Waals surface area contributed by atoms with Crippen molar-refractivity contribution in [2.45, 2.75) is 6.54 Å². The maximum absolute atomic E-state index is 14.2. The van der Waals surface area contributed by atoms with Gasteiger partial charge in [0.05, 0.1) is 17.8 Å². The number of imidazole rings is 1. The van der Waals surface area contributed by atoms with Gasteiger partial charge in [0.15, 0.2) is 22.8 Å². The van der Waals surface area contributed by atoms with E-state index in [1.807, 2.05) is 0 Å². The van der Waals surface area contributed by atoms with E-state index < -0.39 is 22.2 Å². The molecule has 2 N–H and O–H groups in total. The molecule has 0 radical (unpaired) electrons. The molecule has 0 amide bonds. The van der Waals surface area contributed by atoms with Gasteiger partial charge in [-0.1, -0.05) is 0 Å². The minimum Gasteiger partial charge on any atom is -0.368 e. The number of benzene rings is 1. The molecule has 0 spiro atoms. The van der Waals surface area contributed by atoms with Gasteiger partial charge in [-0.15, -0.1) is 0 Å². The van der Waals surface area contributed by atoms with Crippen molar-refractivity contribution in [3.8, 4) is 5.82 Å². The summed E-state index contributed by atoms with van der Waals surface area (Å²) in [7, 11) is 0. The zero-order chi connectivity index (χ0) is 19.1. The Morgan fingerprint density at radius 3 is 2.74 bits per heavy atom. The van der Waals surface area contributed by atoms with Crippen LogP contribution in [-0.2, 0) is 6.54 Å². The summed E-state index contributed by atoms with van der Waals surface area (Å²) in [6, 6.07) is 3.74. The quantitative estimate of drug-likeness (QED) is 0.427. The maximum atomic E-state index is 14.2. The van der Waals surface area contributed by atoms with Crippen molar-refractivity contribution in [3.05, 3.63) is 64.2 Å². The van der Waals surface area contributed by atoms with E-state index in [0.717, 1.165) is 12.1 Å². The minimum atomic E-state index is -1.52. The molecule has 0 aliphatic heterocycles. The molecule has 0 atom stereocenters. The van der Waals surface area contributed by atoms with Crippen LogP contribution in [0.2, 0.25) is 0 Å². The third kappa shape index (κ3) is 2.72. The van der Waals surface area contributed by atoms with Crippen LogP contribution in [0.1, 0.15) is 5.56 Å². The highest BCUT2D eigenvalue weighted by atomic mass is 19.2. The van der Waals surface area contributed by atoms with Gasteiger partial charge >= 0.3 is 5.69 Å². The van der Waals surface area contributed by atoms with Gasteiger partial charge in [-0.05, 0) is 12.1 Å². The number of hydrogen-bond donors (Lipinski definition) is 1. The van der Waals surface area contributed by atoms with Crippen molar-refractivity contribution in [2.24, 2.45) is 0 Å². The number of nitro benzene ring substituents is 1. The second kappa shape index (κ2) is 6.09. The molecule has 0 saturated heterocycles. The lowest BCUT2D eigenvalue weighted by atomic mass is 10.2. The van der Waals surface area contributed by atoms with Crippen molar-refractivity contribution in [2.75, 3.05) is 5.73 Å². The Bertz CT molecular complexity index is 1170. The van der Waals surface area contributed by atoms with Crippen LogP contribution in [-0.4, -0.2) is 34.2 Å². The van der Waals surface area contributed by atoms with Gasteiger partial charge in [0, 0.05) is 24.0 Å². The molecule has 12 heteroatoms. The zero-order valence-electron chi connectivity index (χ0n) is 13.5. The normalized spacial score (nSPS) is 11.2. The topological polar surface area (TPSA) is 131 Å². The van der Waals surface area contributed by atoms with E-state index in [4.69, 9.17) is 5.73 Å².